The molecule has 2 heteroatoms. The molecule has 0 fully saturated rings. The van der Waals surface area contributed by atoms with Gasteiger partial charge in [0, 0.05) is 11.3 Å². The van der Waals surface area contributed by atoms with Crippen molar-refractivity contribution in [2.75, 3.05) is 6.61 Å². The monoisotopic (exact) mass is 260 g/mol. The third-order valence-electron chi connectivity index (χ3n) is 2.92. The Balaban J connectivity index is 1.87. The van der Waals surface area contributed by atoms with E-state index in [0.29, 0.717) is 0 Å². The van der Waals surface area contributed by atoms with Gasteiger partial charge in [-0.15, -0.1) is 11.3 Å². The molecule has 2 rings (SSSR count). The van der Waals surface area contributed by atoms with Gasteiger partial charge in [-0.05, 0) is 34.6 Å². The average molecular weight is 260 g/mol. The van der Waals surface area contributed by atoms with Gasteiger partial charge in [-0.1, -0.05) is 39.0 Å². The van der Waals surface area contributed by atoms with E-state index in [1.54, 1.807) is 11.3 Å². The molecule has 2 aromatic rings. The number of thiophene rings is 1. The Morgan fingerprint density at radius 1 is 1.06 bits per heavy atom. The lowest BCUT2D eigenvalue weighted by Gasteiger charge is -2.19. The predicted octanol–water partition coefficient (Wildman–Crippen LogP) is 4.67. The molecule has 0 atom stereocenters. The first-order valence-electron chi connectivity index (χ1n) is 6.31. The van der Waals surface area contributed by atoms with Crippen molar-refractivity contribution in [1.29, 1.82) is 0 Å². The van der Waals surface area contributed by atoms with Crippen LogP contribution in [0, 0.1) is 0 Å². The lowest BCUT2D eigenvalue weighted by Crippen LogP contribution is -2.10. The molecule has 1 heterocycles. The fourth-order valence-electron chi connectivity index (χ4n) is 1.78. The molecule has 0 aliphatic heterocycles. The molecule has 1 aromatic heterocycles. The molecule has 0 unspecified atom stereocenters. The van der Waals surface area contributed by atoms with Gasteiger partial charge in [0.25, 0.3) is 0 Å². The molecule has 96 valence electrons. The summed E-state index contributed by atoms with van der Waals surface area (Å²) in [5.41, 5.74) is 1.54. The molecule has 0 spiro atoms. The topological polar surface area (TPSA) is 9.23 Å². The largest absolute Gasteiger partial charge is 0.493 e. The predicted molar refractivity (Wildman–Crippen MR) is 78.7 cm³/mol. The highest BCUT2D eigenvalue weighted by molar-refractivity contribution is 7.09. The van der Waals surface area contributed by atoms with Crippen molar-refractivity contribution in [2.24, 2.45) is 0 Å². The minimum Gasteiger partial charge on any atom is -0.493 e. The van der Waals surface area contributed by atoms with E-state index in [2.05, 4.69) is 62.5 Å². The van der Waals surface area contributed by atoms with E-state index in [9.17, 15) is 0 Å². The Morgan fingerprint density at radius 2 is 1.78 bits per heavy atom. The zero-order valence-corrected chi connectivity index (χ0v) is 12.1. The van der Waals surface area contributed by atoms with E-state index in [4.69, 9.17) is 4.74 Å². The van der Waals surface area contributed by atoms with E-state index in [0.717, 1.165) is 18.8 Å². The molecule has 0 bridgehead atoms. The minimum absolute atomic E-state index is 0.204. The van der Waals surface area contributed by atoms with Crippen molar-refractivity contribution in [2.45, 2.75) is 32.6 Å². The molecule has 1 nitrogen and oxygen atoms in total. The lowest BCUT2D eigenvalue weighted by atomic mass is 9.87. The molecule has 0 radical (unpaired) electrons. The zero-order chi connectivity index (χ0) is 13.0. The molecule has 0 saturated heterocycles. The maximum absolute atomic E-state index is 5.75. The van der Waals surface area contributed by atoms with Crippen LogP contribution >= 0.6 is 11.3 Å². The Hall–Kier alpha value is -1.28. The fraction of sp³-hybridized carbons (Fsp3) is 0.375. The molecule has 18 heavy (non-hydrogen) atoms. The molecule has 0 amide bonds. The van der Waals surface area contributed by atoms with Gasteiger partial charge in [0.15, 0.2) is 0 Å². The second-order valence-electron chi connectivity index (χ2n) is 5.45. The van der Waals surface area contributed by atoms with Gasteiger partial charge < -0.3 is 4.74 Å². The van der Waals surface area contributed by atoms with Gasteiger partial charge in [-0.2, -0.15) is 0 Å². The zero-order valence-electron chi connectivity index (χ0n) is 11.3. The van der Waals surface area contributed by atoms with Crippen molar-refractivity contribution < 1.29 is 4.74 Å². The smallest absolute Gasteiger partial charge is 0.119 e. The Kier molecular flexibility index (Phi) is 4.07. The third-order valence-corrected chi connectivity index (χ3v) is 3.85. The minimum atomic E-state index is 0.204. The number of rotatable bonds is 4. The quantitative estimate of drug-likeness (QED) is 0.776. The number of hydrogen-bond donors (Lipinski definition) is 0. The summed E-state index contributed by atoms with van der Waals surface area (Å²) >= 11 is 1.78. The molecule has 0 aliphatic carbocycles. The van der Waals surface area contributed by atoms with Crippen LogP contribution in [0.4, 0.5) is 0 Å². The van der Waals surface area contributed by atoms with Crippen molar-refractivity contribution in [3.63, 3.8) is 0 Å². The van der Waals surface area contributed by atoms with Gasteiger partial charge in [0.1, 0.15) is 5.75 Å². The highest BCUT2D eigenvalue weighted by Crippen LogP contribution is 2.24. The summed E-state index contributed by atoms with van der Waals surface area (Å²) < 4.78 is 5.75. The molecular weight excluding hydrogens is 240 g/mol. The van der Waals surface area contributed by atoms with Crippen LogP contribution in [0.25, 0.3) is 0 Å². The van der Waals surface area contributed by atoms with Crippen LogP contribution in [0.5, 0.6) is 5.75 Å². The summed E-state index contributed by atoms with van der Waals surface area (Å²) in [4.78, 5) is 1.38. The average Bonchev–Trinajstić information content (AvgIpc) is 2.82. The van der Waals surface area contributed by atoms with E-state index in [1.165, 1.54) is 10.4 Å². The van der Waals surface area contributed by atoms with Crippen molar-refractivity contribution >= 4 is 11.3 Å². The second kappa shape index (κ2) is 5.57. The van der Waals surface area contributed by atoms with Gasteiger partial charge >= 0.3 is 0 Å². The van der Waals surface area contributed by atoms with E-state index in [-0.39, 0.29) is 5.41 Å². The van der Waals surface area contributed by atoms with E-state index < -0.39 is 0 Å². The number of ether oxygens (including phenoxy) is 1. The standard InChI is InChI=1S/C16H20OS/c1-16(2,3)13-6-8-14(9-7-13)17-11-10-15-5-4-12-18-15/h4-9,12H,10-11H2,1-3H3. The van der Waals surface area contributed by atoms with Crippen LogP contribution in [0.15, 0.2) is 41.8 Å². The first-order chi connectivity index (χ1) is 8.55. The molecule has 0 aliphatic rings. The maximum atomic E-state index is 5.75. The summed E-state index contributed by atoms with van der Waals surface area (Å²) in [6.45, 7) is 7.41. The van der Waals surface area contributed by atoms with Crippen LogP contribution in [0.3, 0.4) is 0 Å². The molecular formula is C16H20OS. The number of hydrogen-bond acceptors (Lipinski definition) is 2. The van der Waals surface area contributed by atoms with Gasteiger partial charge in [0.2, 0.25) is 0 Å². The molecule has 0 saturated carbocycles. The van der Waals surface area contributed by atoms with Crippen molar-refractivity contribution in [3.05, 3.63) is 52.2 Å². The first kappa shape index (κ1) is 13.2. The Bertz CT molecular complexity index is 463. The fourth-order valence-corrected chi connectivity index (χ4v) is 2.47. The van der Waals surface area contributed by atoms with E-state index >= 15 is 0 Å². The number of benzene rings is 1. The summed E-state index contributed by atoms with van der Waals surface area (Å²) in [6.07, 6.45) is 0.985. The van der Waals surface area contributed by atoms with Crippen LogP contribution in [0.2, 0.25) is 0 Å². The summed E-state index contributed by atoms with van der Waals surface area (Å²) in [5, 5.41) is 2.10. The first-order valence-corrected chi connectivity index (χ1v) is 7.19. The molecule has 0 N–H and O–H groups in total. The highest BCUT2D eigenvalue weighted by atomic mass is 32.1. The highest BCUT2D eigenvalue weighted by Gasteiger charge is 2.12. The van der Waals surface area contributed by atoms with Crippen LogP contribution < -0.4 is 4.74 Å². The molecule has 1 aromatic carbocycles. The summed E-state index contributed by atoms with van der Waals surface area (Å²) in [6, 6.07) is 12.7. The van der Waals surface area contributed by atoms with Gasteiger partial charge in [0.05, 0.1) is 6.61 Å². The lowest BCUT2D eigenvalue weighted by molar-refractivity contribution is 0.322. The maximum Gasteiger partial charge on any atom is 0.119 e. The third kappa shape index (κ3) is 3.61. The SMILES string of the molecule is CC(C)(C)c1ccc(OCCc2cccs2)cc1. The normalized spacial score (nSPS) is 11.5. The van der Waals surface area contributed by atoms with Crippen LogP contribution in [0.1, 0.15) is 31.2 Å². The van der Waals surface area contributed by atoms with Crippen LogP contribution in [-0.2, 0) is 11.8 Å². The van der Waals surface area contributed by atoms with Crippen molar-refractivity contribution in [3.8, 4) is 5.75 Å². The Morgan fingerprint density at radius 3 is 2.33 bits per heavy atom. The van der Waals surface area contributed by atoms with Gasteiger partial charge in [-0.25, -0.2) is 0 Å². The summed E-state index contributed by atoms with van der Waals surface area (Å²) in [5.74, 6) is 0.958. The van der Waals surface area contributed by atoms with Crippen molar-refractivity contribution in [1.82, 2.24) is 0 Å². The second-order valence-corrected chi connectivity index (χ2v) is 6.48. The van der Waals surface area contributed by atoms with Crippen LogP contribution in [-0.4, -0.2) is 6.61 Å². The van der Waals surface area contributed by atoms with Gasteiger partial charge in [-0.3, -0.25) is 0 Å². The summed E-state index contributed by atoms with van der Waals surface area (Å²) in [7, 11) is 0. The Labute approximate surface area is 113 Å². The van der Waals surface area contributed by atoms with E-state index in [1.807, 2.05) is 0 Å².